The predicted octanol–water partition coefficient (Wildman–Crippen LogP) is 4.80. The number of hydrogen-bond acceptors (Lipinski definition) is 7. The molecule has 0 radical (unpaired) electrons. The summed E-state index contributed by atoms with van der Waals surface area (Å²) in [5, 5.41) is 2.97. The molecule has 0 spiro atoms. The van der Waals surface area contributed by atoms with E-state index < -0.39 is 17.5 Å². The highest BCUT2D eigenvalue weighted by molar-refractivity contribution is 7.17. The highest BCUT2D eigenvalue weighted by Crippen LogP contribution is 2.34. The lowest BCUT2D eigenvalue weighted by atomic mass is 9.92. The Balaban J connectivity index is 1.45. The number of nitrogens with one attached hydrogen (secondary N) is 1. The summed E-state index contributed by atoms with van der Waals surface area (Å²) in [6.07, 6.45) is 0.241. The molecule has 164 valence electrons. The smallest absolute Gasteiger partial charge is 0.350 e. The number of aryl methyl sites for hydroxylation is 1. The maximum atomic E-state index is 12.7. The van der Waals surface area contributed by atoms with Crippen LogP contribution >= 0.6 is 11.3 Å². The number of Topliss-reactive ketones (excluding diaryl/α,β-unsaturated/α-hetero) is 1. The first kappa shape index (κ1) is 21.7. The van der Waals surface area contributed by atoms with Gasteiger partial charge in [0, 0.05) is 5.56 Å². The number of thiazole rings is 1. The van der Waals surface area contributed by atoms with Gasteiger partial charge in [-0.1, -0.05) is 41.7 Å². The van der Waals surface area contributed by atoms with Gasteiger partial charge in [0.1, 0.15) is 22.8 Å². The van der Waals surface area contributed by atoms with Crippen molar-refractivity contribution in [2.45, 2.75) is 39.4 Å². The van der Waals surface area contributed by atoms with E-state index in [1.807, 2.05) is 44.2 Å². The molecule has 0 bridgehead atoms. The van der Waals surface area contributed by atoms with E-state index in [-0.39, 0.29) is 23.9 Å². The second-order valence-corrected chi connectivity index (χ2v) is 9.12. The summed E-state index contributed by atoms with van der Waals surface area (Å²) >= 11 is 1.05. The number of nitrogens with zero attached hydrogens (tertiary/aromatic N) is 1. The van der Waals surface area contributed by atoms with E-state index in [0.29, 0.717) is 27.4 Å². The van der Waals surface area contributed by atoms with E-state index in [1.54, 1.807) is 19.1 Å². The van der Waals surface area contributed by atoms with Crippen molar-refractivity contribution in [1.29, 1.82) is 0 Å². The Kier molecular flexibility index (Phi) is 5.80. The van der Waals surface area contributed by atoms with Crippen LogP contribution in [0.2, 0.25) is 0 Å². The Bertz CT molecular complexity index is 1200. The minimum Gasteiger partial charge on any atom is -0.487 e. The molecular formula is C24H22N2O5S. The van der Waals surface area contributed by atoms with Crippen molar-refractivity contribution in [3.05, 3.63) is 75.8 Å². The number of esters is 1. The van der Waals surface area contributed by atoms with Gasteiger partial charge in [0.2, 0.25) is 0 Å². The van der Waals surface area contributed by atoms with Crippen molar-refractivity contribution in [2.75, 3.05) is 5.32 Å². The van der Waals surface area contributed by atoms with Gasteiger partial charge in [-0.15, -0.1) is 0 Å². The van der Waals surface area contributed by atoms with E-state index in [2.05, 4.69) is 10.3 Å². The summed E-state index contributed by atoms with van der Waals surface area (Å²) in [6.45, 7) is 5.53. The van der Waals surface area contributed by atoms with E-state index in [0.717, 1.165) is 16.9 Å². The Hall–Kier alpha value is -3.52. The van der Waals surface area contributed by atoms with Crippen molar-refractivity contribution < 1.29 is 23.9 Å². The van der Waals surface area contributed by atoms with Gasteiger partial charge in [0.25, 0.3) is 5.91 Å². The minimum absolute atomic E-state index is 0.0700. The highest BCUT2D eigenvalue weighted by atomic mass is 32.1. The van der Waals surface area contributed by atoms with Crippen LogP contribution in [0.15, 0.2) is 48.5 Å². The van der Waals surface area contributed by atoms with Crippen LogP contribution in [0.1, 0.15) is 61.9 Å². The number of benzene rings is 2. The third-order valence-electron chi connectivity index (χ3n) is 4.93. The van der Waals surface area contributed by atoms with Crippen LogP contribution in [0.5, 0.6) is 5.75 Å². The fraction of sp³-hybridized carbons (Fsp3) is 0.250. The number of anilines is 1. The van der Waals surface area contributed by atoms with Gasteiger partial charge in [-0.05, 0) is 44.5 Å². The number of carbonyl (C=O) groups is 3. The molecule has 32 heavy (non-hydrogen) atoms. The first-order chi connectivity index (χ1) is 15.2. The molecule has 3 aromatic rings. The number of ketones is 1. The number of aromatic nitrogens is 1. The molecule has 2 heterocycles. The summed E-state index contributed by atoms with van der Waals surface area (Å²) in [5.41, 5.74) is 1.47. The Labute approximate surface area is 189 Å². The number of amides is 1. The van der Waals surface area contributed by atoms with Gasteiger partial charge >= 0.3 is 5.97 Å². The van der Waals surface area contributed by atoms with Crippen LogP contribution < -0.4 is 10.1 Å². The normalized spacial score (nSPS) is 14.3. The topological polar surface area (TPSA) is 94.6 Å². The first-order valence-electron chi connectivity index (χ1n) is 10.1. The zero-order valence-corrected chi connectivity index (χ0v) is 18.7. The van der Waals surface area contributed by atoms with Crippen molar-refractivity contribution >= 4 is 34.1 Å². The lowest BCUT2D eigenvalue weighted by molar-refractivity contribution is 0.0476. The number of ether oxygens (including phenoxy) is 2. The summed E-state index contributed by atoms with van der Waals surface area (Å²) in [7, 11) is 0. The van der Waals surface area contributed by atoms with Gasteiger partial charge in [-0.25, -0.2) is 9.78 Å². The SMILES string of the molecule is Cc1nc(NC(=O)c2ccc3c(c2)C(=O)CC(C)(C)O3)sc1C(=O)OCc1ccccc1. The van der Waals surface area contributed by atoms with Crippen molar-refractivity contribution in [3.63, 3.8) is 0 Å². The molecule has 0 aliphatic carbocycles. The summed E-state index contributed by atoms with van der Waals surface area (Å²) in [6, 6.07) is 14.1. The Morgan fingerprint density at radius 1 is 1.19 bits per heavy atom. The highest BCUT2D eigenvalue weighted by Gasteiger charge is 2.33. The summed E-state index contributed by atoms with van der Waals surface area (Å²) in [4.78, 5) is 42.2. The second-order valence-electron chi connectivity index (χ2n) is 8.12. The molecule has 0 fully saturated rings. The van der Waals surface area contributed by atoms with Crippen molar-refractivity contribution in [2.24, 2.45) is 0 Å². The summed E-state index contributed by atoms with van der Waals surface area (Å²) < 4.78 is 11.2. The van der Waals surface area contributed by atoms with Crippen LogP contribution in [-0.4, -0.2) is 28.2 Å². The van der Waals surface area contributed by atoms with Crippen LogP contribution in [-0.2, 0) is 11.3 Å². The van der Waals surface area contributed by atoms with Crippen molar-refractivity contribution in [1.82, 2.24) is 4.98 Å². The molecule has 1 aliphatic rings. The molecule has 7 nitrogen and oxygen atoms in total. The van der Waals surface area contributed by atoms with Gasteiger partial charge < -0.3 is 9.47 Å². The van der Waals surface area contributed by atoms with Crippen LogP contribution in [0.4, 0.5) is 5.13 Å². The second kappa shape index (κ2) is 8.55. The third kappa shape index (κ3) is 4.70. The number of fused-ring (bicyclic) bond motifs is 1. The Morgan fingerprint density at radius 3 is 2.69 bits per heavy atom. The van der Waals surface area contributed by atoms with Crippen LogP contribution in [0, 0.1) is 6.92 Å². The molecule has 1 aliphatic heterocycles. The molecule has 0 saturated heterocycles. The molecule has 1 amide bonds. The van der Waals surface area contributed by atoms with Gasteiger partial charge in [0.15, 0.2) is 10.9 Å². The largest absolute Gasteiger partial charge is 0.487 e. The minimum atomic E-state index is -0.572. The number of hydrogen-bond donors (Lipinski definition) is 1. The summed E-state index contributed by atoms with van der Waals surface area (Å²) in [5.74, 6) is -0.525. The number of rotatable bonds is 5. The lowest BCUT2D eigenvalue weighted by Gasteiger charge is -2.31. The molecule has 4 rings (SSSR count). The molecule has 0 saturated carbocycles. The standard InChI is InChI=1S/C24H22N2O5S/c1-14-20(22(29)30-13-15-7-5-4-6-8-15)32-23(25-14)26-21(28)16-9-10-19-17(11-16)18(27)12-24(2,3)31-19/h4-11H,12-13H2,1-3H3,(H,25,26,28). The molecule has 1 aromatic heterocycles. The van der Waals surface area contributed by atoms with E-state index in [9.17, 15) is 14.4 Å². The predicted molar refractivity (Wildman–Crippen MR) is 120 cm³/mol. The monoisotopic (exact) mass is 450 g/mol. The van der Waals surface area contributed by atoms with E-state index in [1.165, 1.54) is 6.07 Å². The molecule has 0 unspecified atom stereocenters. The van der Waals surface area contributed by atoms with Crippen LogP contribution in [0.3, 0.4) is 0 Å². The average molecular weight is 451 g/mol. The molecule has 2 aromatic carbocycles. The van der Waals surface area contributed by atoms with Gasteiger partial charge in [0.05, 0.1) is 17.7 Å². The average Bonchev–Trinajstić information content (AvgIpc) is 3.11. The molecule has 1 N–H and O–H groups in total. The molecule has 8 heteroatoms. The third-order valence-corrected chi connectivity index (χ3v) is 5.98. The molecule has 0 atom stereocenters. The zero-order chi connectivity index (χ0) is 22.9. The first-order valence-corrected chi connectivity index (χ1v) is 10.9. The van der Waals surface area contributed by atoms with Crippen LogP contribution in [0.25, 0.3) is 0 Å². The van der Waals surface area contributed by atoms with Gasteiger partial charge in [-0.2, -0.15) is 0 Å². The zero-order valence-electron chi connectivity index (χ0n) is 17.9. The number of carbonyl (C=O) groups excluding carboxylic acids is 3. The van der Waals surface area contributed by atoms with Crippen molar-refractivity contribution in [3.8, 4) is 5.75 Å². The quantitative estimate of drug-likeness (QED) is 0.561. The maximum absolute atomic E-state index is 12.7. The van der Waals surface area contributed by atoms with E-state index in [4.69, 9.17) is 9.47 Å². The van der Waals surface area contributed by atoms with Gasteiger partial charge in [-0.3, -0.25) is 14.9 Å². The lowest BCUT2D eigenvalue weighted by Crippen LogP contribution is -2.36. The Morgan fingerprint density at radius 2 is 1.94 bits per heavy atom. The fourth-order valence-electron chi connectivity index (χ4n) is 3.39. The molecular weight excluding hydrogens is 428 g/mol. The maximum Gasteiger partial charge on any atom is 0.350 e. The fourth-order valence-corrected chi connectivity index (χ4v) is 4.25. The van der Waals surface area contributed by atoms with E-state index >= 15 is 0 Å².